The first-order valence-corrected chi connectivity index (χ1v) is 21.7. The molecule has 0 saturated heterocycles. The Balaban J connectivity index is 1.19. The van der Waals surface area contributed by atoms with Gasteiger partial charge in [0.15, 0.2) is 0 Å². The molecule has 3 heteroatoms. The average molecular weight is 733 g/mol. The van der Waals surface area contributed by atoms with Gasteiger partial charge in [0.25, 0.3) is 6.71 Å². The van der Waals surface area contributed by atoms with Gasteiger partial charge >= 0.3 is 0 Å². The molecule has 13 rings (SSSR count). The van der Waals surface area contributed by atoms with Gasteiger partial charge < -0.3 is 9.80 Å². The summed E-state index contributed by atoms with van der Waals surface area (Å²) in [6.07, 6.45) is 12.7. The topological polar surface area (TPSA) is 6.48 Å². The molecular formula is C54H45BN2. The number of hydrogen-bond acceptors (Lipinski definition) is 2. The molecule has 2 fully saturated rings. The zero-order valence-corrected chi connectivity index (χ0v) is 32.5. The highest BCUT2D eigenvalue weighted by Gasteiger charge is 2.52. The zero-order valence-electron chi connectivity index (χ0n) is 32.5. The number of hydrogen-bond donors (Lipinski definition) is 0. The van der Waals surface area contributed by atoms with Gasteiger partial charge in [-0.05, 0) is 112 Å². The number of benzene rings is 7. The summed E-state index contributed by atoms with van der Waals surface area (Å²) in [6.45, 7) is 0.104. The first-order valence-electron chi connectivity index (χ1n) is 21.7. The molecule has 0 bridgehead atoms. The Morgan fingerprint density at radius 1 is 0.386 bits per heavy atom. The second kappa shape index (κ2) is 11.9. The SMILES string of the molecule is c1ccc(N2c3ccccc3B3c4ccccc4N(c4cccc5c4-c4ccccc4C54CCCCC4)c4cc5c(c2c43)-c2ccccc2C52CCCCC2)cc1. The van der Waals surface area contributed by atoms with E-state index in [1.54, 1.807) is 16.7 Å². The monoisotopic (exact) mass is 732 g/mol. The van der Waals surface area contributed by atoms with Gasteiger partial charge in [0.05, 0.1) is 11.4 Å². The largest absolute Gasteiger partial charge is 0.311 e. The van der Waals surface area contributed by atoms with E-state index in [1.165, 1.54) is 143 Å². The predicted octanol–water partition coefficient (Wildman–Crippen LogP) is 12.2. The van der Waals surface area contributed by atoms with Crippen molar-refractivity contribution in [1.29, 1.82) is 0 Å². The molecule has 7 aromatic carbocycles. The van der Waals surface area contributed by atoms with Crippen molar-refractivity contribution in [1.82, 2.24) is 0 Å². The molecule has 0 atom stereocenters. The van der Waals surface area contributed by atoms with Gasteiger partial charge in [-0.1, -0.05) is 154 Å². The molecule has 2 aliphatic heterocycles. The summed E-state index contributed by atoms with van der Waals surface area (Å²) in [7, 11) is 0. The standard InChI is InChI=1S/C54H45BN2/c1-4-19-36(20-5-1)56-45-28-12-10-26-43(45)55-44-27-11-13-29-46(44)57(47-30-18-25-41-49(47)37-21-6-8-23-39(37)53(41)31-14-2-15-32-53)48-35-42-50(52(56)51(48)55)38-22-7-9-24-40(38)54(42)33-16-3-17-34-54/h1,4-13,18-30,35H,2-3,14-17,31-34H2. The Labute approximate surface area is 336 Å². The highest BCUT2D eigenvalue weighted by atomic mass is 15.2. The number of fused-ring (bicyclic) bond motifs is 15. The summed E-state index contributed by atoms with van der Waals surface area (Å²) in [5, 5.41) is 0. The summed E-state index contributed by atoms with van der Waals surface area (Å²) in [5.74, 6) is 0. The second-order valence-electron chi connectivity index (χ2n) is 17.7. The lowest BCUT2D eigenvalue weighted by Gasteiger charge is -2.46. The molecule has 0 aromatic heterocycles. The minimum absolute atomic E-state index is 0.00452. The smallest absolute Gasteiger partial charge is 0.252 e. The van der Waals surface area contributed by atoms with Gasteiger partial charge in [0.2, 0.25) is 0 Å². The highest BCUT2D eigenvalue weighted by molar-refractivity contribution is 7.00. The molecule has 0 unspecified atom stereocenters. The van der Waals surface area contributed by atoms with Crippen molar-refractivity contribution < 1.29 is 0 Å². The maximum absolute atomic E-state index is 2.74. The Kier molecular flexibility index (Phi) is 6.73. The fourth-order valence-electron chi connectivity index (χ4n) is 13.0. The van der Waals surface area contributed by atoms with E-state index in [1.807, 2.05) is 0 Å². The lowest BCUT2D eigenvalue weighted by molar-refractivity contribution is 0.353. The number of anilines is 6. The molecule has 0 amide bonds. The Bertz CT molecular complexity index is 2790. The van der Waals surface area contributed by atoms with E-state index in [-0.39, 0.29) is 17.5 Å². The molecule has 2 saturated carbocycles. The highest BCUT2D eigenvalue weighted by Crippen LogP contribution is 2.63. The van der Waals surface area contributed by atoms with Crippen molar-refractivity contribution >= 4 is 57.2 Å². The summed E-state index contributed by atoms with van der Waals surface area (Å²) in [4.78, 5) is 5.38. The van der Waals surface area contributed by atoms with E-state index in [9.17, 15) is 0 Å². The molecule has 2 heterocycles. The van der Waals surface area contributed by atoms with Gasteiger partial charge in [-0.15, -0.1) is 0 Å². The molecule has 274 valence electrons. The van der Waals surface area contributed by atoms with Crippen molar-refractivity contribution in [3.05, 3.63) is 174 Å². The van der Waals surface area contributed by atoms with Gasteiger partial charge in [0, 0.05) is 44.7 Å². The zero-order chi connectivity index (χ0) is 37.3. The third-order valence-corrected chi connectivity index (χ3v) is 15.2. The molecule has 4 aliphatic carbocycles. The van der Waals surface area contributed by atoms with Crippen LogP contribution in [0.5, 0.6) is 0 Å². The Hall–Kier alpha value is -5.80. The lowest BCUT2D eigenvalue weighted by Crippen LogP contribution is -2.61. The molecule has 0 radical (unpaired) electrons. The number of nitrogens with zero attached hydrogens (tertiary/aromatic N) is 2. The fourth-order valence-corrected chi connectivity index (χ4v) is 13.0. The molecular weight excluding hydrogens is 687 g/mol. The minimum Gasteiger partial charge on any atom is -0.311 e. The van der Waals surface area contributed by atoms with E-state index in [2.05, 4.69) is 161 Å². The van der Waals surface area contributed by atoms with Crippen molar-refractivity contribution in [2.75, 3.05) is 9.80 Å². The van der Waals surface area contributed by atoms with Crippen molar-refractivity contribution in [3.63, 3.8) is 0 Å². The average Bonchev–Trinajstić information content (AvgIpc) is 3.70. The number of rotatable bonds is 2. The van der Waals surface area contributed by atoms with Gasteiger partial charge in [-0.2, -0.15) is 0 Å². The van der Waals surface area contributed by atoms with Crippen molar-refractivity contribution in [3.8, 4) is 22.3 Å². The maximum atomic E-state index is 2.74. The van der Waals surface area contributed by atoms with Crippen LogP contribution >= 0.6 is 0 Å². The van der Waals surface area contributed by atoms with Crippen LogP contribution in [-0.4, -0.2) is 6.71 Å². The van der Waals surface area contributed by atoms with Crippen molar-refractivity contribution in [2.45, 2.75) is 75.0 Å². The van der Waals surface area contributed by atoms with Crippen LogP contribution in [0.4, 0.5) is 34.1 Å². The third kappa shape index (κ3) is 4.12. The molecule has 6 aliphatic rings. The van der Waals surface area contributed by atoms with Crippen LogP contribution in [-0.2, 0) is 10.8 Å². The molecule has 7 aromatic rings. The third-order valence-electron chi connectivity index (χ3n) is 15.2. The summed E-state index contributed by atoms with van der Waals surface area (Å²) in [6, 6.07) is 58.9. The van der Waals surface area contributed by atoms with E-state index >= 15 is 0 Å². The van der Waals surface area contributed by atoms with E-state index in [0.29, 0.717) is 0 Å². The van der Waals surface area contributed by atoms with Crippen LogP contribution in [0.2, 0.25) is 0 Å². The molecule has 2 nitrogen and oxygen atoms in total. The quantitative estimate of drug-likeness (QED) is 0.163. The normalized spacial score (nSPS) is 18.4. The van der Waals surface area contributed by atoms with Gasteiger partial charge in [0.1, 0.15) is 0 Å². The van der Waals surface area contributed by atoms with E-state index < -0.39 is 0 Å². The first kappa shape index (κ1) is 32.3. The Morgan fingerprint density at radius 3 is 1.56 bits per heavy atom. The first-order chi connectivity index (χ1) is 28.3. The fraction of sp³-hybridized carbons (Fsp3) is 0.222. The van der Waals surface area contributed by atoms with Crippen LogP contribution in [0.1, 0.15) is 86.5 Å². The minimum atomic E-state index is 0.00452. The Morgan fingerprint density at radius 2 is 0.895 bits per heavy atom. The summed E-state index contributed by atoms with van der Waals surface area (Å²) >= 11 is 0. The summed E-state index contributed by atoms with van der Waals surface area (Å²) < 4.78 is 0. The van der Waals surface area contributed by atoms with Crippen LogP contribution < -0.4 is 26.2 Å². The summed E-state index contributed by atoms with van der Waals surface area (Å²) in [5.41, 5.74) is 24.1. The van der Waals surface area contributed by atoms with Crippen LogP contribution in [0.25, 0.3) is 22.3 Å². The lowest BCUT2D eigenvalue weighted by atomic mass is 9.33. The van der Waals surface area contributed by atoms with Gasteiger partial charge in [-0.3, -0.25) is 0 Å². The van der Waals surface area contributed by atoms with Crippen molar-refractivity contribution in [2.24, 2.45) is 0 Å². The van der Waals surface area contributed by atoms with E-state index in [0.717, 1.165) is 0 Å². The molecule has 2 spiro atoms. The molecule has 57 heavy (non-hydrogen) atoms. The maximum Gasteiger partial charge on any atom is 0.252 e. The van der Waals surface area contributed by atoms with Gasteiger partial charge in [-0.25, -0.2) is 0 Å². The number of para-hydroxylation sites is 3. The van der Waals surface area contributed by atoms with Crippen LogP contribution in [0.15, 0.2) is 152 Å². The molecule has 0 N–H and O–H groups in total. The predicted molar refractivity (Wildman–Crippen MR) is 239 cm³/mol. The van der Waals surface area contributed by atoms with Crippen LogP contribution in [0.3, 0.4) is 0 Å². The van der Waals surface area contributed by atoms with Crippen LogP contribution in [0, 0.1) is 0 Å². The second-order valence-corrected chi connectivity index (χ2v) is 17.7. The van der Waals surface area contributed by atoms with E-state index in [4.69, 9.17) is 0 Å².